The van der Waals surface area contributed by atoms with Gasteiger partial charge in [0, 0.05) is 6.61 Å². The minimum atomic E-state index is 0.0463. The first-order chi connectivity index (χ1) is 7.70. The van der Waals surface area contributed by atoms with Gasteiger partial charge < -0.3 is 19.9 Å². The Bertz CT molecular complexity index is 142. The van der Waals surface area contributed by atoms with Crippen molar-refractivity contribution in [3.05, 3.63) is 0 Å². The molecule has 0 aliphatic heterocycles. The zero-order chi connectivity index (χ0) is 12.2. The molecule has 0 aliphatic rings. The van der Waals surface area contributed by atoms with Gasteiger partial charge in [-0.25, -0.2) is 0 Å². The third-order valence-corrected chi connectivity index (χ3v) is 2.05. The van der Waals surface area contributed by atoms with E-state index in [1.54, 1.807) is 0 Å². The Kier molecular flexibility index (Phi) is 11.2. The summed E-state index contributed by atoms with van der Waals surface area (Å²) in [6.07, 6.45) is 1.06. The maximum absolute atomic E-state index is 9.05. The van der Waals surface area contributed by atoms with Crippen LogP contribution in [0.1, 0.15) is 27.2 Å². The summed E-state index contributed by atoms with van der Waals surface area (Å²) in [4.78, 5) is 0. The molecule has 0 aromatic carbocycles. The second-order valence-electron chi connectivity index (χ2n) is 4.38. The summed E-state index contributed by atoms with van der Waals surface area (Å²) in [6.45, 7) is 9.92. The first-order valence-corrected chi connectivity index (χ1v) is 6.20. The molecular weight excluding hydrogens is 206 g/mol. The molecule has 16 heavy (non-hydrogen) atoms. The minimum absolute atomic E-state index is 0.0463. The average Bonchev–Trinajstić information content (AvgIpc) is 2.26. The van der Waals surface area contributed by atoms with E-state index in [-0.39, 0.29) is 12.6 Å². The fraction of sp³-hybridized carbons (Fsp3) is 1.00. The maximum atomic E-state index is 9.05. The summed E-state index contributed by atoms with van der Waals surface area (Å²) in [7, 11) is 0. The monoisotopic (exact) mass is 233 g/mol. The van der Waals surface area contributed by atoms with Gasteiger partial charge in [0.25, 0.3) is 0 Å². The van der Waals surface area contributed by atoms with Crippen LogP contribution in [-0.4, -0.2) is 50.7 Å². The van der Waals surface area contributed by atoms with Crippen LogP contribution in [0.4, 0.5) is 0 Å². The van der Waals surface area contributed by atoms with Crippen molar-refractivity contribution in [3.8, 4) is 0 Å². The highest BCUT2D eigenvalue weighted by Gasteiger charge is 2.05. The van der Waals surface area contributed by atoms with Crippen LogP contribution in [-0.2, 0) is 9.47 Å². The molecule has 4 heteroatoms. The zero-order valence-corrected chi connectivity index (χ0v) is 10.9. The van der Waals surface area contributed by atoms with Crippen LogP contribution in [0.3, 0.4) is 0 Å². The van der Waals surface area contributed by atoms with Crippen LogP contribution >= 0.6 is 0 Å². The molecule has 0 aromatic rings. The molecule has 1 unspecified atom stereocenters. The van der Waals surface area contributed by atoms with Crippen LogP contribution in [0.25, 0.3) is 0 Å². The highest BCUT2D eigenvalue weighted by Crippen LogP contribution is 1.92. The van der Waals surface area contributed by atoms with Crippen molar-refractivity contribution in [2.24, 2.45) is 5.92 Å². The van der Waals surface area contributed by atoms with E-state index in [4.69, 9.17) is 14.6 Å². The van der Waals surface area contributed by atoms with Crippen LogP contribution in [0.5, 0.6) is 0 Å². The molecule has 98 valence electrons. The number of nitrogens with one attached hydrogen (secondary N) is 1. The summed E-state index contributed by atoms with van der Waals surface area (Å²) in [5.41, 5.74) is 0. The van der Waals surface area contributed by atoms with Crippen LogP contribution in [0.2, 0.25) is 0 Å². The van der Waals surface area contributed by atoms with Crippen LogP contribution < -0.4 is 5.32 Å². The summed E-state index contributed by atoms with van der Waals surface area (Å²) in [6, 6.07) is 0.0463. The first kappa shape index (κ1) is 15.8. The second kappa shape index (κ2) is 11.3. The maximum Gasteiger partial charge on any atom is 0.0701 e. The van der Waals surface area contributed by atoms with E-state index in [9.17, 15) is 0 Å². The van der Waals surface area contributed by atoms with Crippen molar-refractivity contribution in [3.63, 3.8) is 0 Å². The van der Waals surface area contributed by atoms with Crippen molar-refractivity contribution < 1.29 is 14.6 Å². The number of aliphatic hydroxyl groups excluding tert-OH is 1. The number of rotatable bonds is 11. The largest absolute Gasteiger partial charge is 0.395 e. The molecule has 0 bridgehead atoms. The molecular formula is C12H27NO3. The molecule has 0 saturated heterocycles. The summed E-state index contributed by atoms with van der Waals surface area (Å²) in [5, 5.41) is 12.3. The first-order valence-electron chi connectivity index (χ1n) is 6.20. The van der Waals surface area contributed by atoms with Crippen molar-refractivity contribution >= 4 is 0 Å². The lowest BCUT2D eigenvalue weighted by molar-refractivity contribution is 0.0244. The third kappa shape index (κ3) is 10.4. The summed E-state index contributed by atoms with van der Waals surface area (Å²) >= 11 is 0. The Labute approximate surface area is 99.3 Å². The van der Waals surface area contributed by atoms with Gasteiger partial charge in [0.15, 0.2) is 0 Å². The van der Waals surface area contributed by atoms with E-state index in [1.807, 2.05) is 0 Å². The van der Waals surface area contributed by atoms with Gasteiger partial charge in [0.1, 0.15) is 0 Å². The molecule has 0 aromatic heterocycles. The number of hydrogen-bond donors (Lipinski definition) is 2. The molecule has 1 atom stereocenters. The highest BCUT2D eigenvalue weighted by atomic mass is 16.5. The smallest absolute Gasteiger partial charge is 0.0701 e. The molecule has 0 spiro atoms. The van der Waals surface area contributed by atoms with E-state index in [0.29, 0.717) is 25.7 Å². The fourth-order valence-electron chi connectivity index (χ4n) is 1.19. The van der Waals surface area contributed by atoms with Crippen molar-refractivity contribution in [2.75, 3.05) is 39.6 Å². The summed E-state index contributed by atoms with van der Waals surface area (Å²) in [5.74, 6) is 0.566. The van der Waals surface area contributed by atoms with E-state index < -0.39 is 0 Å². The van der Waals surface area contributed by atoms with Crippen LogP contribution in [0, 0.1) is 5.92 Å². The van der Waals surface area contributed by atoms with Gasteiger partial charge >= 0.3 is 0 Å². The molecule has 0 radical (unpaired) electrons. The average molecular weight is 233 g/mol. The van der Waals surface area contributed by atoms with Crippen molar-refractivity contribution in [1.29, 1.82) is 0 Å². The lowest BCUT2D eigenvalue weighted by Crippen LogP contribution is -2.37. The number of aliphatic hydroxyl groups is 1. The molecule has 0 rings (SSSR count). The Balaban J connectivity index is 3.27. The SMILES string of the molecule is CCCNC(CO)COCCOCC(C)C. The van der Waals surface area contributed by atoms with Gasteiger partial charge in [-0.3, -0.25) is 0 Å². The Morgan fingerprint density at radius 1 is 1.12 bits per heavy atom. The Morgan fingerprint density at radius 2 is 1.75 bits per heavy atom. The second-order valence-corrected chi connectivity index (χ2v) is 4.38. The van der Waals surface area contributed by atoms with Gasteiger partial charge in [-0.05, 0) is 18.9 Å². The van der Waals surface area contributed by atoms with Gasteiger partial charge in [-0.2, -0.15) is 0 Å². The van der Waals surface area contributed by atoms with E-state index >= 15 is 0 Å². The van der Waals surface area contributed by atoms with E-state index in [2.05, 4.69) is 26.1 Å². The van der Waals surface area contributed by atoms with E-state index in [0.717, 1.165) is 19.6 Å². The predicted octanol–water partition coefficient (Wildman–Crippen LogP) is 1.04. The lowest BCUT2D eigenvalue weighted by Gasteiger charge is -2.16. The number of ether oxygens (including phenoxy) is 2. The van der Waals surface area contributed by atoms with Crippen molar-refractivity contribution in [1.82, 2.24) is 5.32 Å². The fourth-order valence-corrected chi connectivity index (χ4v) is 1.19. The van der Waals surface area contributed by atoms with Crippen molar-refractivity contribution in [2.45, 2.75) is 33.2 Å². The highest BCUT2D eigenvalue weighted by molar-refractivity contribution is 4.63. The standard InChI is InChI=1S/C12H27NO3/c1-4-5-13-12(8-14)10-16-7-6-15-9-11(2)3/h11-14H,4-10H2,1-3H3. The summed E-state index contributed by atoms with van der Waals surface area (Å²) < 4.78 is 10.8. The number of hydrogen-bond acceptors (Lipinski definition) is 4. The van der Waals surface area contributed by atoms with Gasteiger partial charge in [-0.1, -0.05) is 20.8 Å². The third-order valence-electron chi connectivity index (χ3n) is 2.05. The van der Waals surface area contributed by atoms with Gasteiger partial charge in [0.2, 0.25) is 0 Å². The topological polar surface area (TPSA) is 50.7 Å². The van der Waals surface area contributed by atoms with E-state index in [1.165, 1.54) is 0 Å². The van der Waals surface area contributed by atoms with Gasteiger partial charge in [0.05, 0.1) is 32.5 Å². The Hall–Kier alpha value is -0.160. The molecule has 0 aliphatic carbocycles. The zero-order valence-electron chi connectivity index (χ0n) is 10.9. The Morgan fingerprint density at radius 3 is 2.25 bits per heavy atom. The van der Waals surface area contributed by atoms with Crippen LogP contribution in [0.15, 0.2) is 0 Å². The molecule has 0 amide bonds. The lowest BCUT2D eigenvalue weighted by atomic mass is 10.2. The quantitative estimate of drug-likeness (QED) is 0.524. The minimum Gasteiger partial charge on any atom is -0.395 e. The van der Waals surface area contributed by atoms with Gasteiger partial charge in [-0.15, -0.1) is 0 Å². The normalized spacial score (nSPS) is 13.3. The molecule has 2 N–H and O–H groups in total. The predicted molar refractivity (Wildman–Crippen MR) is 65.6 cm³/mol. The molecule has 0 heterocycles. The molecule has 0 fully saturated rings. The molecule has 4 nitrogen and oxygen atoms in total. The molecule has 0 saturated carbocycles.